The van der Waals surface area contributed by atoms with E-state index >= 15 is 0 Å². The molecule has 0 radical (unpaired) electrons. The Balaban J connectivity index is 1.57. The van der Waals surface area contributed by atoms with Gasteiger partial charge in [-0.05, 0) is 18.4 Å². The van der Waals surface area contributed by atoms with Gasteiger partial charge in [0.15, 0.2) is 0 Å². The van der Waals surface area contributed by atoms with Gasteiger partial charge >= 0.3 is 12.1 Å². The average molecular weight is 329 g/mol. The van der Waals surface area contributed by atoms with Crippen LogP contribution in [-0.2, 0) is 17.9 Å². The maximum atomic E-state index is 11.9. The molecular formula is C17H19N3O4. The van der Waals surface area contributed by atoms with Crippen LogP contribution in [0, 0.1) is 0 Å². The van der Waals surface area contributed by atoms with Crippen molar-refractivity contribution in [1.82, 2.24) is 15.1 Å². The molecule has 1 unspecified atom stereocenters. The molecule has 0 saturated carbocycles. The van der Waals surface area contributed by atoms with Crippen molar-refractivity contribution in [3.63, 3.8) is 0 Å². The van der Waals surface area contributed by atoms with Crippen LogP contribution in [0.1, 0.15) is 40.4 Å². The second kappa shape index (κ2) is 7.16. The predicted molar refractivity (Wildman–Crippen MR) is 85.8 cm³/mol. The number of benzene rings is 1. The van der Waals surface area contributed by atoms with E-state index in [0.29, 0.717) is 18.8 Å². The van der Waals surface area contributed by atoms with Crippen LogP contribution in [-0.4, -0.2) is 33.5 Å². The second-order valence-electron chi connectivity index (χ2n) is 5.75. The molecule has 3 rings (SSSR count). The minimum atomic E-state index is -0.991. The van der Waals surface area contributed by atoms with Crippen molar-refractivity contribution in [2.75, 3.05) is 6.54 Å². The molecule has 2 aromatic rings. The maximum Gasteiger partial charge on any atom is 0.407 e. The van der Waals surface area contributed by atoms with E-state index in [1.54, 1.807) is 4.68 Å². The molecule has 0 bridgehead atoms. The van der Waals surface area contributed by atoms with E-state index in [-0.39, 0.29) is 18.1 Å². The molecule has 7 heteroatoms. The molecule has 7 nitrogen and oxygen atoms in total. The van der Waals surface area contributed by atoms with Crippen LogP contribution in [0.5, 0.6) is 0 Å². The van der Waals surface area contributed by atoms with Crippen molar-refractivity contribution >= 4 is 12.1 Å². The first-order valence-electron chi connectivity index (χ1n) is 7.88. The lowest BCUT2D eigenvalue weighted by Gasteiger charge is -2.24. The molecule has 1 aromatic carbocycles. The van der Waals surface area contributed by atoms with Crippen LogP contribution in [0.4, 0.5) is 4.79 Å². The van der Waals surface area contributed by atoms with Gasteiger partial charge in [0, 0.05) is 19.0 Å². The summed E-state index contributed by atoms with van der Waals surface area (Å²) in [7, 11) is 0. The van der Waals surface area contributed by atoms with Crippen molar-refractivity contribution in [3.05, 3.63) is 53.3 Å². The highest BCUT2D eigenvalue weighted by Gasteiger charge is 2.28. The number of carbonyl (C=O) groups excluding carboxylic acids is 1. The first kappa shape index (κ1) is 16.0. The molecule has 1 amide bonds. The van der Waals surface area contributed by atoms with E-state index < -0.39 is 12.1 Å². The molecule has 0 spiro atoms. The van der Waals surface area contributed by atoms with Crippen molar-refractivity contribution in [2.24, 2.45) is 0 Å². The third-order valence-corrected chi connectivity index (χ3v) is 4.13. The van der Waals surface area contributed by atoms with E-state index in [1.807, 2.05) is 30.3 Å². The molecule has 24 heavy (non-hydrogen) atoms. The van der Waals surface area contributed by atoms with Crippen LogP contribution in [0.25, 0.3) is 0 Å². The highest BCUT2D eigenvalue weighted by atomic mass is 16.5. The van der Waals surface area contributed by atoms with Crippen LogP contribution in [0.15, 0.2) is 36.5 Å². The third-order valence-electron chi connectivity index (χ3n) is 4.13. The fourth-order valence-electron chi connectivity index (χ4n) is 2.97. The molecule has 1 atom stereocenters. The Morgan fingerprint density at radius 2 is 2.12 bits per heavy atom. The molecule has 1 aromatic heterocycles. The normalized spacial score (nSPS) is 16.2. The van der Waals surface area contributed by atoms with Gasteiger partial charge in [0.2, 0.25) is 0 Å². The van der Waals surface area contributed by atoms with E-state index in [1.165, 1.54) is 6.20 Å². The lowest BCUT2D eigenvalue weighted by molar-refractivity contribution is 0.0694. The summed E-state index contributed by atoms with van der Waals surface area (Å²) >= 11 is 0. The summed E-state index contributed by atoms with van der Waals surface area (Å²) in [5.41, 5.74) is 1.80. The third kappa shape index (κ3) is 3.56. The average Bonchev–Trinajstić information content (AvgIpc) is 3.04. The van der Waals surface area contributed by atoms with E-state index in [2.05, 4.69) is 10.4 Å². The predicted octanol–water partition coefficient (Wildman–Crippen LogP) is 2.39. The molecule has 0 aliphatic carbocycles. The Hall–Kier alpha value is -2.83. The number of alkyl carbamates (subject to hydrolysis) is 1. The maximum absolute atomic E-state index is 11.9. The second-order valence-corrected chi connectivity index (χ2v) is 5.75. The van der Waals surface area contributed by atoms with Gasteiger partial charge in [-0.25, -0.2) is 9.59 Å². The molecule has 126 valence electrons. The Bertz CT molecular complexity index is 727. The van der Waals surface area contributed by atoms with Crippen LogP contribution < -0.4 is 5.32 Å². The Morgan fingerprint density at radius 1 is 1.33 bits per heavy atom. The van der Waals surface area contributed by atoms with Gasteiger partial charge < -0.3 is 15.2 Å². The summed E-state index contributed by atoms with van der Waals surface area (Å²) in [4.78, 5) is 23.2. The SMILES string of the molecule is O=C(NCC1CCCn2ncc(C(=O)O)c21)OCc1ccccc1. The number of carbonyl (C=O) groups is 2. The fraction of sp³-hybridized carbons (Fsp3) is 0.353. The Labute approximate surface area is 139 Å². The van der Waals surface area contributed by atoms with Crippen molar-refractivity contribution in [2.45, 2.75) is 31.9 Å². The van der Waals surface area contributed by atoms with Gasteiger partial charge in [-0.3, -0.25) is 4.68 Å². The topological polar surface area (TPSA) is 93.5 Å². The minimum Gasteiger partial charge on any atom is -0.478 e. The number of carboxylic acids is 1. The number of aromatic nitrogens is 2. The van der Waals surface area contributed by atoms with Crippen LogP contribution in [0.2, 0.25) is 0 Å². The largest absolute Gasteiger partial charge is 0.478 e. The van der Waals surface area contributed by atoms with Gasteiger partial charge in [0.1, 0.15) is 12.2 Å². The van der Waals surface area contributed by atoms with Gasteiger partial charge in [0.25, 0.3) is 0 Å². The number of aryl methyl sites for hydroxylation is 1. The number of nitrogens with zero attached hydrogens (tertiary/aromatic N) is 2. The van der Waals surface area contributed by atoms with E-state index in [9.17, 15) is 14.7 Å². The zero-order valence-electron chi connectivity index (χ0n) is 13.1. The first-order chi connectivity index (χ1) is 11.6. The molecule has 0 fully saturated rings. The molecule has 1 aliphatic rings. The van der Waals surface area contributed by atoms with Crippen molar-refractivity contribution in [1.29, 1.82) is 0 Å². The number of ether oxygens (including phenoxy) is 1. The number of amides is 1. The summed E-state index contributed by atoms with van der Waals surface area (Å²) in [6.07, 6.45) is 2.58. The minimum absolute atomic E-state index is 0.0726. The first-order valence-corrected chi connectivity index (χ1v) is 7.88. The van der Waals surface area contributed by atoms with Gasteiger partial charge in [-0.15, -0.1) is 0 Å². The molecule has 2 heterocycles. The lowest BCUT2D eigenvalue weighted by Crippen LogP contribution is -2.32. The number of aromatic carboxylic acids is 1. The monoisotopic (exact) mass is 329 g/mol. The Morgan fingerprint density at radius 3 is 2.88 bits per heavy atom. The number of rotatable bonds is 5. The number of hydrogen-bond acceptors (Lipinski definition) is 4. The smallest absolute Gasteiger partial charge is 0.407 e. The van der Waals surface area contributed by atoms with Crippen LogP contribution >= 0.6 is 0 Å². The fourth-order valence-corrected chi connectivity index (χ4v) is 2.97. The van der Waals surface area contributed by atoms with E-state index in [0.717, 1.165) is 18.4 Å². The quantitative estimate of drug-likeness (QED) is 0.878. The highest BCUT2D eigenvalue weighted by molar-refractivity contribution is 5.89. The standard InChI is InChI=1S/C17H19N3O4/c21-16(22)14-10-19-20-8-4-7-13(15(14)20)9-18-17(23)24-11-12-5-2-1-3-6-12/h1-3,5-6,10,13H,4,7-9,11H2,(H,18,23)(H,21,22). The van der Waals surface area contributed by atoms with E-state index in [4.69, 9.17) is 4.74 Å². The highest BCUT2D eigenvalue weighted by Crippen LogP contribution is 2.29. The molecule has 1 aliphatic heterocycles. The van der Waals surface area contributed by atoms with Gasteiger partial charge in [-0.2, -0.15) is 5.10 Å². The summed E-state index contributed by atoms with van der Waals surface area (Å²) < 4.78 is 6.89. The number of hydrogen-bond donors (Lipinski definition) is 2. The summed E-state index contributed by atoms with van der Waals surface area (Å²) in [5, 5.41) is 16.1. The molecule has 2 N–H and O–H groups in total. The zero-order chi connectivity index (χ0) is 16.9. The molecular weight excluding hydrogens is 310 g/mol. The summed E-state index contributed by atoms with van der Waals surface area (Å²) in [5.74, 6) is -1.06. The Kier molecular flexibility index (Phi) is 4.79. The summed E-state index contributed by atoms with van der Waals surface area (Å²) in [6.45, 7) is 1.24. The zero-order valence-corrected chi connectivity index (χ0v) is 13.1. The summed E-state index contributed by atoms with van der Waals surface area (Å²) in [6, 6.07) is 9.43. The number of nitrogens with one attached hydrogen (secondary N) is 1. The van der Waals surface area contributed by atoms with Crippen molar-refractivity contribution < 1.29 is 19.4 Å². The van der Waals surface area contributed by atoms with Gasteiger partial charge in [0.05, 0.1) is 11.9 Å². The lowest BCUT2D eigenvalue weighted by atomic mass is 9.93. The van der Waals surface area contributed by atoms with Crippen LogP contribution in [0.3, 0.4) is 0 Å². The van der Waals surface area contributed by atoms with Gasteiger partial charge in [-0.1, -0.05) is 30.3 Å². The molecule has 0 saturated heterocycles. The number of fused-ring (bicyclic) bond motifs is 1. The van der Waals surface area contributed by atoms with Crippen molar-refractivity contribution in [3.8, 4) is 0 Å². The number of carboxylic acid groups (broad SMARTS) is 1.